The van der Waals surface area contributed by atoms with E-state index in [2.05, 4.69) is 17.9 Å². The lowest BCUT2D eigenvalue weighted by molar-refractivity contribution is 0.0982. The van der Waals surface area contributed by atoms with Gasteiger partial charge in [-0.2, -0.15) is 0 Å². The quantitative estimate of drug-likeness (QED) is 0.737. The van der Waals surface area contributed by atoms with Gasteiger partial charge in [-0.15, -0.1) is 0 Å². The number of carbonyl (C=O) groups excluding carboxylic acids is 1. The highest BCUT2D eigenvalue weighted by molar-refractivity contribution is 6.01. The third-order valence-electron chi connectivity index (χ3n) is 3.38. The summed E-state index contributed by atoms with van der Waals surface area (Å²) in [4.78, 5) is 14.4. The van der Waals surface area contributed by atoms with Gasteiger partial charge in [-0.25, -0.2) is 0 Å². The number of carbonyl (C=O) groups is 1. The number of benzene rings is 1. The summed E-state index contributed by atoms with van der Waals surface area (Å²) in [5, 5.41) is 0. The molecule has 0 aliphatic carbocycles. The molecule has 17 heavy (non-hydrogen) atoms. The lowest BCUT2D eigenvalue weighted by Crippen LogP contribution is -2.30. The van der Waals surface area contributed by atoms with Crippen molar-refractivity contribution in [2.45, 2.75) is 39.0 Å². The van der Waals surface area contributed by atoms with Crippen molar-refractivity contribution >= 4 is 11.5 Å². The molecule has 1 aromatic rings. The number of anilines is 1. The third kappa shape index (κ3) is 2.87. The Kier molecular flexibility index (Phi) is 4.18. The second-order valence-electron chi connectivity index (χ2n) is 4.74. The van der Waals surface area contributed by atoms with Crippen molar-refractivity contribution in [3.63, 3.8) is 0 Å². The maximum atomic E-state index is 12.1. The van der Waals surface area contributed by atoms with E-state index in [1.165, 1.54) is 19.3 Å². The zero-order valence-corrected chi connectivity index (χ0v) is 10.6. The van der Waals surface area contributed by atoms with Crippen molar-refractivity contribution in [3.05, 3.63) is 29.8 Å². The van der Waals surface area contributed by atoms with E-state index in [4.69, 9.17) is 0 Å². The van der Waals surface area contributed by atoms with Gasteiger partial charge in [0.25, 0.3) is 0 Å². The molecule has 0 bridgehead atoms. The zero-order valence-electron chi connectivity index (χ0n) is 10.6. The molecule has 2 rings (SSSR count). The lowest BCUT2D eigenvalue weighted by Gasteiger charge is -2.30. The number of rotatable bonds is 4. The van der Waals surface area contributed by atoms with Gasteiger partial charge in [0.05, 0.1) is 0 Å². The summed E-state index contributed by atoms with van der Waals surface area (Å²) in [6.45, 7) is 4.24. The van der Waals surface area contributed by atoms with Crippen LogP contribution in [0.2, 0.25) is 0 Å². The molecule has 0 aromatic heterocycles. The first-order valence-corrected chi connectivity index (χ1v) is 6.70. The van der Waals surface area contributed by atoms with Crippen LogP contribution in [0.1, 0.15) is 49.4 Å². The first kappa shape index (κ1) is 12.2. The van der Waals surface area contributed by atoms with E-state index in [0.29, 0.717) is 6.42 Å². The van der Waals surface area contributed by atoms with Crippen molar-refractivity contribution in [1.29, 1.82) is 0 Å². The van der Waals surface area contributed by atoms with Crippen molar-refractivity contribution in [1.82, 2.24) is 0 Å². The Morgan fingerprint density at radius 1 is 1.18 bits per heavy atom. The van der Waals surface area contributed by atoms with E-state index in [1.807, 2.05) is 18.2 Å². The average molecular weight is 231 g/mol. The third-order valence-corrected chi connectivity index (χ3v) is 3.38. The number of hydrogen-bond acceptors (Lipinski definition) is 2. The van der Waals surface area contributed by atoms with Gasteiger partial charge in [0.15, 0.2) is 5.78 Å². The fourth-order valence-electron chi connectivity index (χ4n) is 2.48. The Balaban J connectivity index is 2.23. The van der Waals surface area contributed by atoms with Gasteiger partial charge in [0.2, 0.25) is 0 Å². The summed E-state index contributed by atoms with van der Waals surface area (Å²) in [6, 6.07) is 8.07. The summed E-state index contributed by atoms with van der Waals surface area (Å²) in [7, 11) is 0. The highest BCUT2D eigenvalue weighted by atomic mass is 16.1. The topological polar surface area (TPSA) is 20.3 Å². The van der Waals surface area contributed by atoms with Crippen LogP contribution in [0.5, 0.6) is 0 Å². The predicted molar refractivity (Wildman–Crippen MR) is 71.7 cm³/mol. The van der Waals surface area contributed by atoms with Gasteiger partial charge >= 0.3 is 0 Å². The van der Waals surface area contributed by atoms with Gasteiger partial charge in [0.1, 0.15) is 0 Å². The van der Waals surface area contributed by atoms with Crippen LogP contribution in [0.4, 0.5) is 5.69 Å². The van der Waals surface area contributed by atoms with E-state index in [9.17, 15) is 4.79 Å². The second kappa shape index (κ2) is 5.85. The summed E-state index contributed by atoms with van der Waals surface area (Å²) in [6.07, 6.45) is 5.40. The largest absolute Gasteiger partial charge is 0.371 e. The zero-order chi connectivity index (χ0) is 12.1. The number of para-hydroxylation sites is 1. The van der Waals surface area contributed by atoms with Crippen LogP contribution in [0.25, 0.3) is 0 Å². The maximum Gasteiger partial charge on any atom is 0.164 e. The standard InChI is InChI=1S/C15H21NO/c1-2-8-15(17)13-9-4-5-10-14(13)16-11-6-3-7-12-16/h4-5,9-10H,2-3,6-8,11-12H2,1H3. The lowest BCUT2D eigenvalue weighted by atomic mass is 10.0. The number of Topliss-reactive ketones (excluding diaryl/α,β-unsaturated/α-hetero) is 1. The Morgan fingerprint density at radius 3 is 2.59 bits per heavy atom. The fourth-order valence-corrected chi connectivity index (χ4v) is 2.48. The van der Waals surface area contributed by atoms with E-state index in [-0.39, 0.29) is 5.78 Å². The van der Waals surface area contributed by atoms with Gasteiger partial charge in [-0.3, -0.25) is 4.79 Å². The molecule has 1 fully saturated rings. The molecule has 0 N–H and O–H groups in total. The van der Waals surface area contributed by atoms with Crippen molar-refractivity contribution in [2.75, 3.05) is 18.0 Å². The molecular formula is C15H21NO. The van der Waals surface area contributed by atoms with Crippen LogP contribution in [-0.2, 0) is 0 Å². The molecule has 0 atom stereocenters. The molecule has 2 heteroatoms. The van der Waals surface area contributed by atoms with Crippen molar-refractivity contribution < 1.29 is 4.79 Å². The van der Waals surface area contributed by atoms with Gasteiger partial charge in [0, 0.05) is 30.8 Å². The summed E-state index contributed by atoms with van der Waals surface area (Å²) >= 11 is 0. The van der Waals surface area contributed by atoms with Crippen LogP contribution in [0.15, 0.2) is 24.3 Å². The second-order valence-corrected chi connectivity index (χ2v) is 4.74. The molecule has 0 unspecified atom stereocenters. The molecule has 92 valence electrons. The summed E-state index contributed by atoms with van der Waals surface area (Å²) < 4.78 is 0. The number of nitrogens with zero attached hydrogens (tertiary/aromatic N) is 1. The first-order chi connectivity index (χ1) is 8.33. The molecule has 0 amide bonds. The number of hydrogen-bond donors (Lipinski definition) is 0. The minimum absolute atomic E-state index is 0.286. The predicted octanol–water partition coefficient (Wildman–Crippen LogP) is 3.66. The van der Waals surface area contributed by atoms with E-state index >= 15 is 0 Å². The highest BCUT2D eigenvalue weighted by Gasteiger charge is 2.17. The van der Waals surface area contributed by atoms with E-state index in [1.54, 1.807) is 0 Å². The van der Waals surface area contributed by atoms with Crippen molar-refractivity contribution in [3.8, 4) is 0 Å². The van der Waals surface area contributed by atoms with E-state index in [0.717, 1.165) is 30.8 Å². The van der Waals surface area contributed by atoms with Gasteiger partial charge < -0.3 is 4.90 Å². The molecule has 1 heterocycles. The molecule has 1 aliphatic heterocycles. The number of piperidine rings is 1. The van der Waals surface area contributed by atoms with E-state index < -0.39 is 0 Å². The monoisotopic (exact) mass is 231 g/mol. The molecule has 1 saturated heterocycles. The molecule has 0 radical (unpaired) electrons. The highest BCUT2D eigenvalue weighted by Crippen LogP contribution is 2.25. The molecule has 1 aromatic carbocycles. The molecule has 0 spiro atoms. The van der Waals surface area contributed by atoms with Gasteiger partial charge in [-0.1, -0.05) is 19.1 Å². The molecule has 0 saturated carbocycles. The average Bonchev–Trinajstić information content (AvgIpc) is 2.40. The first-order valence-electron chi connectivity index (χ1n) is 6.70. The van der Waals surface area contributed by atoms with Crippen LogP contribution in [0, 0.1) is 0 Å². The fraction of sp³-hybridized carbons (Fsp3) is 0.533. The van der Waals surface area contributed by atoms with Crippen LogP contribution >= 0.6 is 0 Å². The minimum atomic E-state index is 0.286. The smallest absolute Gasteiger partial charge is 0.164 e. The SMILES string of the molecule is CCCC(=O)c1ccccc1N1CCCCC1. The Labute approximate surface area is 104 Å². The Hall–Kier alpha value is -1.31. The summed E-state index contributed by atoms with van der Waals surface area (Å²) in [5.41, 5.74) is 2.06. The van der Waals surface area contributed by atoms with Crippen LogP contribution < -0.4 is 4.90 Å². The molecule has 2 nitrogen and oxygen atoms in total. The number of ketones is 1. The summed E-state index contributed by atoms with van der Waals surface area (Å²) in [5.74, 6) is 0.286. The van der Waals surface area contributed by atoms with Crippen molar-refractivity contribution in [2.24, 2.45) is 0 Å². The van der Waals surface area contributed by atoms with Crippen LogP contribution in [0.3, 0.4) is 0 Å². The molecular weight excluding hydrogens is 210 g/mol. The van der Waals surface area contributed by atoms with Gasteiger partial charge in [-0.05, 0) is 37.8 Å². The normalized spacial score (nSPS) is 15.9. The Morgan fingerprint density at radius 2 is 1.88 bits per heavy atom. The Bertz CT molecular complexity index is 380. The van der Waals surface area contributed by atoms with Crippen LogP contribution in [-0.4, -0.2) is 18.9 Å². The maximum absolute atomic E-state index is 12.1. The minimum Gasteiger partial charge on any atom is -0.371 e. The molecule has 1 aliphatic rings.